The van der Waals surface area contributed by atoms with Gasteiger partial charge >= 0.3 is 11.9 Å². The Kier molecular flexibility index (Phi) is 34.0. The minimum absolute atomic E-state index is 0.220. The number of hydrogen-bond acceptors (Lipinski definition) is 10. The van der Waals surface area contributed by atoms with E-state index in [1.807, 2.05) is 0 Å². The van der Waals surface area contributed by atoms with Gasteiger partial charge in [0.1, 0.15) is 31.0 Å². The smallest absolute Gasteiger partial charge is 0.306 e. The lowest BCUT2D eigenvalue weighted by molar-refractivity contribution is -0.305. The molecule has 0 aliphatic carbocycles. The van der Waals surface area contributed by atoms with E-state index >= 15 is 0 Å². The Labute approximate surface area is 334 Å². The van der Waals surface area contributed by atoms with Gasteiger partial charge in [-0.25, -0.2) is 0 Å². The molecule has 0 bridgehead atoms. The lowest BCUT2D eigenvalue weighted by Crippen LogP contribution is -2.59. The zero-order valence-corrected chi connectivity index (χ0v) is 34.9. The van der Waals surface area contributed by atoms with E-state index in [4.69, 9.17) is 18.9 Å². The predicted octanol–water partition coefficient (Wildman–Crippen LogP) is 9.33. The van der Waals surface area contributed by atoms with Crippen LogP contribution in [-0.2, 0) is 28.5 Å². The molecule has 322 valence electrons. The van der Waals surface area contributed by atoms with Crippen molar-refractivity contribution in [2.75, 3.05) is 19.8 Å². The molecule has 2 unspecified atom stereocenters. The summed E-state index contributed by atoms with van der Waals surface area (Å²) >= 11 is 0. The maximum absolute atomic E-state index is 12.8. The fourth-order valence-corrected chi connectivity index (χ4v) is 6.69. The Bertz CT molecular complexity index is 954. The van der Waals surface area contributed by atoms with Crippen LogP contribution in [0.15, 0.2) is 24.3 Å². The number of esters is 2. The zero-order valence-electron chi connectivity index (χ0n) is 34.9. The fraction of sp³-hybridized carbons (Fsp3) is 0.867. The SMILES string of the molecule is CCCC/C=C/CCCCCCCCCCCC(=O)O[C@@H](COC(=O)CCCCCCC/C=C/CCCCCCCC)CO[C@H]1O[C@@H](CO)[C@@H](O)C(O)C1O. The van der Waals surface area contributed by atoms with Crippen molar-refractivity contribution in [2.45, 2.75) is 230 Å². The highest BCUT2D eigenvalue weighted by molar-refractivity contribution is 5.70. The number of carbonyl (C=O) groups excluding carboxylic acids is 2. The van der Waals surface area contributed by atoms with E-state index in [0.717, 1.165) is 57.8 Å². The standard InChI is InChI=1S/C45H82O10/c1-3-5-7-9-11-13-15-17-19-21-23-25-27-29-31-33-40(47)52-36-38(37-53-45-44(51)43(50)42(49)39(35-46)55-45)54-41(48)34-32-30-28-26-24-22-20-18-16-14-12-10-8-6-4-2/h10,12,17,19,38-39,42-46,49-51H,3-9,11,13-16,18,20-37H2,1-2H3/b12-10+,19-17+/t38-,39-,42+,43?,44?,45-/m0/s1. The fourth-order valence-electron chi connectivity index (χ4n) is 6.69. The van der Waals surface area contributed by atoms with Crippen molar-refractivity contribution >= 4 is 11.9 Å². The topological polar surface area (TPSA) is 152 Å². The molecule has 1 fully saturated rings. The van der Waals surface area contributed by atoms with Crippen molar-refractivity contribution in [1.82, 2.24) is 0 Å². The summed E-state index contributed by atoms with van der Waals surface area (Å²) in [5.74, 6) is -0.815. The lowest BCUT2D eigenvalue weighted by Gasteiger charge is -2.39. The molecule has 0 aromatic heterocycles. The van der Waals surface area contributed by atoms with Gasteiger partial charge in [-0.15, -0.1) is 0 Å². The van der Waals surface area contributed by atoms with Crippen molar-refractivity contribution in [3.63, 3.8) is 0 Å². The van der Waals surface area contributed by atoms with Gasteiger partial charge in [0.25, 0.3) is 0 Å². The van der Waals surface area contributed by atoms with Gasteiger partial charge in [-0.3, -0.25) is 9.59 Å². The molecule has 1 rings (SSSR count). The Morgan fingerprint density at radius 2 is 0.982 bits per heavy atom. The normalized spacial score (nSPS) is 20.7. The third kappa shape index (κ3) is 28.3. The summed E-state index contributed by atoms with van der Waals surface area (Å²) in [6, 6.07) is 0. The van der Waals surface area contributed by atoms with Crippen LogP contribution in [0.2, 0.25) is 0 Å². The molecule has 1 aliphatic heterocycles. The Morgan fingerprint density at radius 3 is 1.47 bits per heavy atom. The second kappa shape index (κ2) is 36.5. The summed E-state index contributed by atoms with van der Waals surface area (Å²) in [5, 5.41) is 40.0. The molecule has 0 spiro atoms. The van der Waals surface area contributed by atoms with Crippen molar-refractivity contribution < 1.29 is 49.0 Å². The number of hydrogen-bond donors (Lipinski definition) is 4. The summed E-state index contributed by atoms with van der Waals surface area (Å²) in [5.41, 5.74) is 0. The first-order chi connectivity index (χ1) is 26.8. The monoisotopic (exact) mass is 783 g/mol. The van der Waals surface area contributed by atoms with Gasteiger partial charge < -0.3 is 39.4 Å². The van der Waals surface area contributed by atoms with Crippen LogP contribution in [0.5, 0.6) is 0 Å². The van der Waals surface area contributed by atoms with Gasteiger partial charge in [0.15, 0.2) is 12.4 Å². The summed E-state index contributed by atoms with van der Waals surface area (Å²) < 4.78 is 22.1. The highest BCUT2D eigenvalue weighted by atomic mass is 16.7. The van der Waals surface area contributed by atoms with Gasteiger partial charge in [0.05, 0.1) is 13.2 Å². The first-order valence-electron chi connectivity index (χ1n) is 22.4. The highest BCUT2D eigenvalue weighted by Gasteiger charge is 2.44. The molecule has 1 aliphatic rings. The van der Waals surface area contributed by atoms with E-state index in [9.17, 15) is 30.0 Å². The van der Waals surface area contributed by atoms with Crippen LogP contribution in [0, 0.1) is 0 Å². The van der Waals surface area contributed by atoms with E-state index < -0.39 is 49.4 Å². The maximum atomic E-state index is 12.8. The predicted molar refractivity (Wildman–Crippen MR) is 219 cm³/mol. The molecular formula is C45H82O10. The van der Waals surface area contributed by atoms with Crippen LogP contribution in [0.4, 0.5) is 0 Å². The van der Waals surface area contributed by atoms with Crippen LogP contribution < -0.4 is 0 Å². The molecule has 0 saturated carbocycles. The molecule has 0 aromatic carbocycles. The Hall–Kier alpha value is -1.82. The van der Waals surface area contributed by atoms with Crippen molar-refractivity contribution in [3.8, 4) is 0 Å². The molecule has 55 heavy (non-hydrogen) atoms. The molecule has 10 heteroatoms. The number of unbranched alkanes of at least 4 members (excludes halogenated alkanes) is 22. The molecule has 6 atom stereocenters. The first-order valence-corrected chi connectivity index (χ1v) is 22.4. The van der Waals surface area contributed by atoms with Gasteiger partial charge in [-0.2, -0.15) is 0 Å². The van der Waals surface area contributed by atoms with E-state index in [2.05, 4.69) is 38.2 Å². The molecule has 0 aromatic rings. The van der Waals surface area contributed by atoms with Crippen LogP contribution in [0.1, 0.15) is 194 Å². The van der Waals surface area contributed by atoms with Crippen LogP contribution in [0.25, 0.3) is 0 Å². The minimum atomic E-state index is -1.59. The minimum Gasteiger partial charge on any atom is -0.462 e. The van der Waals surface area contributed by atoms with Gasteiger partial charge in [0.2, 0.25) is 0 Å². The molecular weight excluding hydrogens is 700 g/mol. The molecule has 0 amide bonds. The third-order valence-electron chi connectivity index (χ3n) is 10.3. The van der Waals surface area contributed by atoms with Crippen molar-refractivity contribution in [1.29, 1.82) is 0 Å². The third-order valence-corrected chi connectivity index (χ3v) is 10.3. The van der Waals surface area contributed by atoms with Crippen LogP contribution in [0.3, 0.4) is 0 Å². The quantitative estimate of drug-likeness (QED) is 0.0273. The average molecular weight is 783 g/mol. The lowest BCUT2D eigenvalue weighted by atomic mass is 9.99. The molecule has 0 radical (unpaired) electrons. The number of ether oxygens (including phenoxy) is 4. The second-order valence-electron chi connectivity index (χ2n) is 15.5. The summed E-state index contributed by atoms with van der Waals surface area (Å²) in [4.78, 5) is 25.3. The highest BCUT2D eigenvalue weighted by Crippen LogP contribution is 2.22. The van der Waals surface area contributed by atoms with E-state index in [0.29, 0.717) is 6.42 Å². The van der Waals surface area contributed by atoms with Gasteiger partial charge in [0, 0.05) is 12.8 Å². The molecule has 1 heterocycles. The summed E-state index contributed by atoms with van der Waals surface area (Å²) in [6.07, 6.45) is 31.8. The first kappa shape index (κ1) is 51.2. The van der Waals surface area contributed by atoms with E-state index in [1.54, 1.807) is 0 Å². The summed E-state index contributed by atoms with van der Waals surface area (Å²) in [6.45, 7) is 3.38. The number of carbonyl (C=O) groups is 2. The van der Waals surface area contributed by atoms with Crippen LogP contribution in [-0.4, -0.2) is 89.0 Å². The van der Waals surface area contributed by atoms with E-state index in [1.165, 1.54) is 103 Å². The number of aliphatic hydroxyl groups is 4. The Morgan fingerprint density at radius 1 is 0.545 bits per heavy atom. The Balaban J connectivity index is 2.33. The van der Waals surface area contributed by atoms with Gasteiger partial charge in [-0.1, -0.05) is 147 Å². The second-order valence-corrected chi connectivity index (χ2v) is 15.5. The molecule has 1 saturated heterocycles. The van der Waals surface area contributed by atoms with Crippen molar-refractivity contribution in [3.05, 3.63) is 24.3 Å². The van der Waals surface area contributed by atoms with Crippen molar-refractivity contribution in [2.24, 2.45) is 0 Å². The summed E-state index contributed by atoms with van der Waals surface area (Å²) in [7, 11) is 0. The number of aliphatic hydroxyl groups excluding tert-OH is 4. The van der Waals surface area contributed by atoms with Crippen LogP contribution >= 0.6 is 0 Å². The number of rotatable bonds is 37. The zero-order chi connectivity index (χ0) is 40.2. The molecule has 4 N–H and O–H groups in total. The number of allylic oxidation sites excluding steroid dienone is 4. The van der Waals surface area contributed by atoms with Gasteiger partial charge in [-0.05, 0) is 57.8 Å². The maximum Gasteiger partial charge on any atom is 0.306 e. The van der Waals surface area contributed by atoms with E-state index in [-0.39, 0.29) is 32.0 Å². The molecule has 10 nitrogen and oxygen atoms in total. The largest absolute Gasteiger partial charge is 0.462 e. The average Bonchev–Trinajstić information content (AvgIpc) is 3.18.